The van der Waals surface area contributed by atoms with Crippen molar-refractivity contribution in [1.82, 2.24) is 4.98 Å². The number of rotatable bonds is 5. The van der Waals surface area contributed by atoms with E-state index in [1.807, 2.05) is 30.5 Å². The average molecular weight is 259 g/mol. The zero-order valence-corrected chi connectivity index (χ0v) is 11.0. The average Bonchev–Trinajstić information content (AvgIpc) is 2.89. The van der Waals surface area contributed by atoms with Gasteiger partial charge in [-0.2, -0.15) is 0 Å². The fourth-order valence-electron chi connectivity index (χ4n) is 1.80. The standard InChI is InChI=1S/C14H17N3O2/c1-10(18)17-11-5-6-14(19-2)13(8-11)16-9-12-4-3-7-15-12/h3-8,15-16H,9H2,1-2H3,(H,17,18). The minimum atomic E-state index is -0.0968. The van der Waals surface area contributed by atoms with Gasteiger partial charge in [-0.3, -0.25) is 4.79 Å². The minimum absolute atomic E-state index is 0.0968. The molecule has 1 aromatic carbocycles. The number of carbonyl (C=O) groups is 1. The molecule has 1 amide bonds. The molecule has 0 atom stereocenters. The number of carbonyl (C=O) groups excluding carboxylic acids is 1. The van der Waals surface area contributed by atoms with Crippen LogP contribution < -0.4 is 15.4 Å². The number of anilines is 2. The first kappa shape index (κ1) is 13.0. The van der Waals surface area contributed by atoms with Gasteiger partial charge in [-0.05, 0) is 30.3 Å². The van der Waals surface area contributed by atoms with Crippen molar-refractivity contribution in [2.45, 2.75) is 13.5 Å². The Kier molecular flexibility index (Phi) is 4.07. The van der Waals surface area contributed by atoms with E-state index in [0.29, 0.717) is 6.54 Å². The van der Waals surface area contributed by atoms with E-state index >= 15 is 0 Å². The molecule has 0 saturated heterocycles. The van der Waals surface area contributed by atoms with Crippen LogP contribution in [0.1, 0.15) is 12.6 Å². The third-order valence-corrected chi connectivity index (χ3v) is 2.65. The van der Waals surface area contributed by atoms with E-state index in [-0.39, 0.29) is 5.91 Å². The molecule has 1 aromatic heterocycles. The minimum Gasteiger partial charge on any atom is -0.495 e. The lowest BCUT2D eigenvalue weighted by molar-refractivity contribution is -0.114. The first-order chi connectivity index (χ1) is 9.19. The maximum atomic E-state index is 11.1. The van der Waals surface area contributed by atoms with Crippen LogP contribution in [0.15, 0.2) is 36.5 Å². The van der Waals surface area contributed by atoms with E-state index < -0.39 is 0 Å². The van der Waals surface area contributed by atoms with Gasteiger partial charge in [-0.15, -0.1) is 0 Å². The van der Waals surface area contributed by atoms with Gasteiger partial charge < -0.3 is 20.4 Å². The number of benzene rings is 1. The van der Waals surface area contributed by atoms with Crippen molar-refractivity contribution < 1.29 is 9.53 Å². The summed E-state index contributed by atoms with van der Waals surface area (Å²) < 4.78 is 5.29. The quantitative estimate of drug-likeness (QED) is 0.773. The van der Waals surface area contributed by atoms with Gasteiger partial charge in [0.25, 0.3) is 0 Å². The maximum absolute atomic E-state index is 11.1. The third kappa shape index (κ3) is 3.51. The van der Waals surface area contributed by atoms with Crippen LogP contribution in [0.5, 0.6) is 5.75 Å². The van der Waals surface area contributed by atoms with Gasteiger partial charge in [-0.25, -0.2) is 0 Å². The number of nitrogens with one attached hydrogen (secondary N) is 3. The second-order valence-corrected chi connectivity index (χ2v) is 4.15. The van der Waals surface area contributed by atoms with Gasteiger partial charge >= 0.3 is 0 Å². The first-order valence-corrected chi connectivity index (χ1v) is 6.01. The Labute approximate surface area is 112 Å². The topological polar surface area (TPSA) is 66.2 Å². The number of hydrogen-bond donors (Lipinski definition) is 3. The van der Waals surface area contributed by atoms with Crippen molar-refractivity contribution in [2.75, 3.05) is 17.7 Å². The van der Waals surface area contributed by atoms with Crippen LogP contribution in [0.25, 0.3) is 0 Å². The number of aromatic nitrogens is 1. The maximum Gasteiger partial charge on any atom is 0.221 e. The lowest BCUT2D eigenvalue weighted by Crippen LogP contribution is -2.07. The highest BCUT2D eigenvalue weighted by Crippen LogP contribution is 2.28. The molecule has 0 saturated carbocycles. The highest BCUT2D eigenvalue weighted by atomic mass is 16.5. The molecule has 0 aliphatic heterocycles. The van der Waals surface area contributed by atoms with E-state index in [1.54, 1.807) is 13.2 Å². The normalized spacial score (nSPS) is 10.0. The highest BCUT2D eigenvalue weighted by molar-refractivity contribution is 5.89. The predicted molar refractivity (Wildman–Crippen MR) is 75.4 cm³/mol. The Balaban J connectivity index is 2.13. The van der Waals surface area contributed by atoms with E-state index in [9.17, 15) is 4.79 Å². The van der Waals surface area contributed by atoms with Crippen molar-refractivity contribution in [1.29, 1.82) is 0 Å². The Hall–Kier alpha value is -2.43. The summed E-state index contributed by atoms with van der Waals surface area (Å²) in [6.45, 7) is 2.14. The summed E-state index contributed by atoms with van der Waals surface area (Å²) in [5, 5.41) is 6.02. The number of amides is 1. The molecular formula is C14H17N3O2. The molecule has 1 heterocycles. The van der Waals surface area contributed by atoms with Crippen LogP contribution >= 0.6 is 0 Å². The monoisotopic (exact) mass is 259 g/mol. The second kappa shape index (κ2) is 5.95. The second-order valence-electron chi connectivity index (χ2n) is 4.15. The molecule has 0 spiro atoms. The molecule has 2 rings (SSSR count). The molecular weight excluding hydrogens is 242 g/mol. The summed E-state index contributed by atoms with van der Waals surface area (Å²) in [4.78, 5) is 14.2. The van der Waals surface area contributed by atoms with Crippen molar-refractivity contribution in [3.8, 4) is 5.75 Å². The molecule has 0 aliphatic rings. The lowest BCUT2D eigenvalue weighted by Gasteiger charge is -2.12. The van der Waals surface area contributed by atoms with E-state index in [2.05, 4.69) is 15.6 Å². The largest absolute Gasteiger partial charge is 0.495 e. The summed E-state index contributed by atoms with van der Waals surface area (Å²) in [6, 6.07) is 9.42. The molecule has 0 bridgehead atoms. The van der Waals surface area contributed by atoms with Crippen LogP contribution in [0, 0.1) is 0 Å². The zero-order valence-electron chi connectivity index (χ0n) is 11.0. The molecule has 2 aromatic rings. The van der Waals surface area contributed by atoms with Gasteiger partial charge in [0.2, 0.25) is 5.91 Å². The van der Waals surface area contributed by atoms with Gasteiger partial charge in [0, 0.05) is 24.5 Å². The van der Waals surface area contributed by atoms with Crippen LogP contribution in [0.3, 0.4) is 0 Å². The molecule has 19 heavy (non-hydrogen) atoms. The molecule has 5 heteroatoms. The molecule has 100 valence electrons. The Morgan fingerprint density at radius 1 is 1.37 bits per heavy atom. The Morgan fingerprint density at radius 2 is 2.21 bits per heavy atom. The number of H-pyrrole nitrogens is 1. The van der Waals surface area contributed by atoms with Crippen molar-refractivity contribution in [3.05, 3.63) is 42.2 Å². The van der Waals surface area contributed by atoms with E-state index in [0.717, 1.165) is 22.8 Å². The molecule has 0 aliphatic carbocycles. The number of aromatic amines is 1. The molecule has 3 N–H and O–H groups in total. The molecule has 0 radical (unpaired) electrons. The highest BCUT2D eigenvalue weighted by Gasteiger charge is 2.05. The summed E-state index contributed by atoms with van der Waals surface area (Å²) >= 11 is 0. The zero-order chi connectivity index (χ0) is 13.7. The predicted octanol–water partition coefficient (Wildman–Crippen LogP) is 2.59. The van der Waals surface area contributed by atoms with Crippen LogP contribution in [-0.2, 0) is 11.3 Å². The van der Waals surface area contributed by atoms with Gasteiger partial charge in [0.1, 0.15) is 5.75 Å². The van der Waals surface area contributed by atoms with Crippen molar-refractivity contribution in [3.63, 3.8) is 0 Å². The van der Waals surface area contributed by atoms with Gasteiger partial charge in [0.05, 0.1) is 19.3 Å². The van der Waals surface area contributed by atoms with Crippen LogP contribution in [0.2, 0.25) is 0 Å². The van der Waals surface area contributed by atoms with Gasteiger partial charge in [-0.1, -0.05) is 0 Å². The van der Waals surface area contributed by atoms with Crippen molar-refractivity contribution >= 4 is 17.3 Å². The number of methoxy groups -OCH3 is 1. The summed E-state index contributed by atoms with van der Waals surface area (Å²) in [5.41, 5.74) is 2.65. The summed E-state index contributed by atoms with van der Waals surface area (Å²) in [7, 11) is 1.62. The Bertz CT molecular complexity index is 550. The number of ether oxygens (including phenoxy) is 1. The molecule has 0 fully saturated rings. The van der Waals surface area contributed by atoms with Gasteiger partial charge in [0.15, 0.2) is 0 Å². The summed E-state index contributed by atoms with van der Waals surface area (Å²) in [5.74, 6) is 0.640. The first-order valence-electron chi connectivity index (χ1n) is 6.01. The van der Waals surface area contributed by atoms with Crippen LogP contribution in [0.4, 0.5) is 11.4 Å². The number of hydrogen-bond acceptors (Lipinski definition) is 3. The molecule has 0 unspecified atom stereocenters. The molecule has 5 nitrogen and oxygen atoms in total. The van der Waals surface area contributed by atoms with Crippen LogP contribution in [-0.4, -0.2) is 18.0 Å². The van der Waals surface area contributed by atoms with E-state index in [4.69, 9.17) is 4.74 Å². The Morgan fingerprint density at radius 3 is 2.84 bits per heavy atom. The van der Waals surface area contributed by atoms with E-state index in [1.165, 1.54) is 6.92 Å². The summed E-state index contributed by atoms with van der Waals surface area (Å²) in [6.07, 6.45) is 1.88. The fraction of sp³-hybridized carbons (Fsp3) is 0.214. The smallest absolute Gasteiger partial charge is 0.221 e. The fourth-order valence-corrected chi connectivity index (χ4v) is 1.80. The third-order valence-electron chi connectivity index (χ3n) is 2.65. The van der Waals surface area contributed by atoms with Crippen molar-refractivity contribution in [2.24, 2.45) is 0 Å². The SMILES string of the molecule is COc1ccc(NC(C)=O)cc1NCc1ccc[nH]1. The lowest BCUT2D eigenvalue weighted by atomic mass is 10.2.